The molecule has 0 bridgehead atoms. The number of aromatic hydroxyl groups is 1. The van der Waals surface area contributed by atoms with E-state index in [-0.39, 0.29) is 18.2 Å². The maximum Gasteiger partial charge on any atom is 0.120 e. The summed E-state index contributed by atoms with van der Waals surface area (Å²) >= 11 is 0. The van der Waals surface area contributed by atoms with E-state index in [1.165, 1.54) is 0 Å². The quantitative estimate of drug-likeness (QED) is 0.159. The first-order chi connectivity index (χ1) is 16.4. The van der Waals surface area contributed by atoms with Gasteiger partial charge in [0.1, 0.15) is 11.5 Å². The smallest absolute Gasteiger partial charge is 0.120 e. The SMILES string of the molecule is CCOc1ccc2nc3cc(N=Nc4ccc(O)c(CNCCN(C)C)c4)ccc3c(N)c2c1.Cl. The molecule has 9 heteroatoms. The molecule has 0 fully saturated rings. The molecule has 4 N–H and O–H groups in total. The number of fused-ring (bicyclic) bond motifs is 2. The summed E-state index contributed by atoms with van der Waals surface area (Å²) in [6.45, 7) is 4.85. The summed E-state index contributed by atoms with van der Waals surface area (Å²) in [4.78, 5) is 6.85. The second kappa shape index (κ2) is 11.8. The van der Waals surface area contributed by atoms with Crippen LogP contribution < -0.4 is 15.8 Å². The van der Waals surface area contributed by atoms with Gasteiger partial charge in [0.25, 0.3) is 0 Å². The third kappa shape index (κ3) is 6.36. The molecule has 8 nitrogen and oxygen atoms in total. The van der Waals surface area contributed by atoms with Crippen molar-refractivity contribution in [2.45, 2.75) is 13.5 Å². The van der Waals surface area contributed by atoms with Crippen molar-refractivity contribution in [1.82, 2.24) is 15.2 Å². The van der Waals surface area contributed by atoms with Crippen LogP contribution in [0.1, 0.15) is 12.5 Å². The molecule has 4 rings (SSSR count). The van der Waals surface area contributed by atoms with Gasteiger partial charge in [-0.2, -0.15) is 10.2 Å². The number of anilines is 1. The van der Waals surface area contributed by atoms with Crippen molar-refractivity contribution in [3.8, 4) is 11.5 Å². The zero-order valence-corrected chi connectivity index (χ0v) is 21.0. The second-order valence-electron chi connectivity index (χ2n) is 8.33. The molecule has 1 heterocycles. The Hall–Kier alpha value is -3.46. The van der Waals surface area contributed by atoms with Crippen molar-refractivity contribution in [2.75, 3.05) is 39.5 Å². The highest BCUT2D eigenvalue weighted by Crippen LogP contribution is 2.33. The third-order valence-corrected chi connectivity index (χ3v) is 5.48. The summed E-state index contributed by atoms with van der Waals surface area (Å²) in [5.41, 5.74) is 10.8. The number of nitrogens with zero attached hydrogens (tertiary/aromatic N) is 4. The van der Waals surface area contributed by atoms with Gasteiger partial charge < -0.3 is 25.8 Å². The molecule has 0 aliphatic rings. The van der Waals surface area contributed by atoms with E-state index >= 15 is 0 Å². The number of ether oxygens (including phenoxy) is 1. The van der Waals surface area contributed by atoms with Gasteiger partial charge in [-0.3, -0.25) is 0 Å². The Morgan fingerprint density at radius 3 is 2.46 bits per heavy atom. The first kappa shape index (κ1) is 26.2. The number of azo groups is 1. The summed E-state index contributed by atoms with van der Waals surface area (Å²) < 4.78 is 5.59. The van der Waals surface area contributed by atoms with Gasteiger partial charge in [-0.25, -0.2) is 4.98 Å². The number of rotatable bonds is 9. The lowest BCUT2D eigenvalue weighted by Gasteiger charge is -2.11. The van der Waals surface area contributed by atoms with Gasteiger partial charge in [0.2, 0.25) is 0 Å². The van der Waals surface area contributed by atoms with Gasteiger partial charge in [0.05, 0.1) is 34.7 Å². The molecule has 0 spiro atoms. The van der Waals surface area contributed by atoms with Crippen molar-refractivity contribution in [1.29, 1.82) is 0 Å². The molecule has 0 saturated heterocycles. The van der Waals surface area contributed by atoms with Crippen molar-refractivity contribution < 1.29 is 9.84 Å². The Bertz CT molecular complexity index is 1340. The number of hydrogen-bond donors (Lipinski definition) is 3. The maximum atomic E-state index is 10.2. The molecule has 0 unspecified atom stereocenters. The lowest BCUT2D eigenvalue weighted by atomic mass is 10.1. The Morgan fingerprint density at radius 2 is 1.71 bits per heavy atom. The number of phenolic OH excluding ortho intramolecular Hbond substituents is 1. The summed E-state index contributed by atoms with van der Waals surface area (Å²) in [7, 11) is 4.05. The van der Waals surface area contributed by atoms with Crippen LogP contribution in [-0.2, 0) is 6.54 Å². The molecule has 3 aromatic carbocycles. The van der Waals surface area contributed by atoms with E-state index in [9.17, 15) is 5.11 Å². The van der Waals surface area contributed by atoms with Gasteiger partial charge in [0.15, 0.2) is 0 Å². The molecule has 0 aliphatic heterocycles. The lowest BCUT2D eigenvalue weighted by Crippen LogP contribution is -2.26. The number of halogens is 1. The summed E-state index contributed by atoms with van der Waals surface area (Å²) in [6, 6.07) is 16.6. The van der Waals surface area contributed by atoms with Crippen LogP contribution in [0.2, 0.25) is 0 Å². The number of nitrogen functional groups attached to an aromatic ring is 1. The first-order valence-corrected chi connectivity index (χ1v) is 11.3. The van der Waals surface area contributed by atoms with Crippen LogP contribution >= 0.6 is 12.4 Å². The first-order valence-electron chi connectivity index (χ1n) is 11.3. The third-order valence-electron chi connectivity index (χ3n) is 5.48. The Balaban J connectivity index is 0.00000342. The normalized spacial score (nSPS) is 11.4. The van der Waals surface area contributed by atoms with Gasteiger partial charge in [-0.1, -0.05) is 0 Å². The van der Waals surface area contributed by atoms with E-state index in [0.717, 1.165) is 46.2 Å². The van der Waals surface area contributed by atoms with Crippen LogP contribution in [0.4, 0.5) is 17.1 Å². The van der Waals surface area contributed by atoms with Crippen molar-refractivity contribution >= 4 is 51.3 Å². The minimum atomic E-state index is 0. The molecule has 0 radical (unpaired) electrons. The molecule has 0 amide bonds. The molecule has 0 atom stereocenters. The standard InChI is InChI=1S/C26H30N6O2.ClH/c1-4-34-20-7-9-23-22(15-20)26(27)21-8-5-19(14-24(21)29-23)31-30-18-6-10-25(33)17(13-18)16-28-11-12-32(2)3;/h5-10,13-15,28,33H,4,11-12,16H2,1-3H3,(H2,27,29);1H. The van der Waals surface area contributed by atoms with Crippen LogP contribution in [0.3, 0.4) is 0 Å². The highest BCUT2D eigenvalue weighted by atomic mass is 35.5. The van der Waals surface area contributed by atoms with Crippen LogP contribution in [-0.4, -0.2) is 48.8 Å². The highest BCUT2D eigenvalue weighted by molar-refractivity contribution is 6.07. The van der Waals surface area contributed by atoms with Gasteiger partial charge in [0, 0.05) is 36.0 Å². The fraction of sp³-hybridized carbons (Fsp3) is 0.269. The molecular formula is C26H31ClN6O2. The average molecular weight is 495 g/mol. The maximum absolute atomic E-state index is 10.2. The minimum absolute atomic E-state index is 0. The summed E-state index contributed by atoms with van der Waals surface area (Å²) in [5.74, 6) is 1.01. The van der Waals surface area contributed by atoms with Crippen LogP contribution in [0.15, 0.2) is 64.8 Å². The lowest BCUT2D eigenvalue weighted by molar-refractivity contribution is 0.341. The predicted molar refractivity (Wildman–Crippen MR) is 145 cm³/mol. The summed E-state index contributed by atoms with van der Waals surface area (Å²) in [5, 5.41) is 23.9. The largest absolute Gasteiger partial charge is 0.508 e. The highest BCUT2D eigenvalue weighted by Gasteiger charge is 2.09. The van der Waals surface area contributed by atoms with Crippen molar-refractivity contribution in [2.24, 2.45) is 10.2 Å². The van der Waals surface area contributed by atoms with E-state index in [1.807, 2.05) is 63.5 Å². The van der Waals surface area contributed by atoms with E-state index in [1.54, 1.807) is 12.1 Å². The fourth-order valence-corrected chi connectivity index (χ4v) is 3.68. The number of likely N-dealkylation sites (N-methyl/N-ethyl adjacent to an activating group) is 1. The van der Waals surface area contributed by atoms with Crippen LogP contribution in [0.25, 0.3) is 21.8 Å². The topological polar surface area (TPSA) is 108 Å². The molecule has 4 aromatic rings. The number of benzene rings is 3. The number of pyridine rings is 1. The molecule has 184 valence electrons. The molecule has 35 heavy (non-hydrogen) atoms. The number of aromatic nitrogens is 1. The van der Waals surface area contributed by atoms with Crippen molar-refractivity contribution in [3.63, 3.8) is 0 Å². The molecular weight excluding hydrogens is 464 g/mol. The molecule has 0 aliphatic carbocycles. The predicted octanol–water partition coefficient (Wildman–Crippen LogP) is 5.56. The summed E-state index contributed by atoms with van der Waals surface area (Å²) in [6.07, 6.45) is 0. The Kier molecular flexibility index (Phi) is 8.81. The van der Waals surface area contributed by atoms with E-state index in [0.29, 0.717) is 30.2 Å². The number of nitrogens with one attached hydrogen (secondary N) is 1. The zero-order chi connectivity index (χ0) is 24.1. The van der Waals surface area contributed by atoms with Gasteiger partial charge in [-0.05, 0) is 75.6 Å². The average Bonchev–Trinajstić information content (AvgIpc) is 2.82. The Labute approximate surface area is 211 Å². The Morgan fingerprint density at radius 1 is 0.971 bits per heavy atom. The van der Waals surface area contributed by atoms with E-state index in [4.69, 9.17) is 15.5 Å². The van der Waals surface area contributed by atoms with E-state index < -0.39 is 0 Å². The number of phenols is 1. The van der Waals surface area contributed by atoms with Gasteiger partial charge >= 0.3 is 0 Å². The minimum Gasteiger partial charge on any atom is -0.508 e. The van der Waals surface area contributed by atoms with Crippen molar-refractivity contribution in [3.05, 3.63) is 60.2 Å². The second-order valence-corrected chi connectivity index (χ2v) is 8.33. The monoisotopic (exact) mass is 494 g/mol. The number of hydrogen-bond acceptors (Lipinski definition) is 8. The van der Waals surface area contributed by atoms with E-state index in [2.05, 4.69) is 20.4 Å². The fourth-order valence-electron chi connectivity index (χ4n) is 3.68. The van der Waals surface area contributed by atoms with Crippen LogP contribution in [0, 0.1) is 0 Å². The van der Waals surface area contributed by atoms with Crippen LogP contribution in [0.5, 0.6) is 11.5 Å². The number of nitrogens with two attached hydrogens (primary N) is 1. The molecule has 1 aromatic heterocycles. The zero-order valence-electron chi connectivity index (χ0n) is 20.2. The van der Waals surface area contributed by atoms with Gasteiger partial charge in [-0.15, -0.1) is 12.4 Å². The molecule has 0 saturated carbocycles.